The summed E-state index contributed by atoms with van der Waals surface area (Å²) in [6, 6.07) is 12.0. The maximum absolute atomic E-state index is 12.2. The standard InChI is InChI=1S/C15H14N4O/c1-2-12-7-11(8-14(17)18-12)15(20)19-13-5-3-4-10(6-13)9-16/h3-8H,2H2,1H3,(H2,17,18)(H,19,20). The van der Waals surface area contributed by atoms with Gasteiger partial charge in [-0.1, -0.05) is 13.0 Å². The van der Waals surface area contributed by atoms with Gasteiger partial charge in [-0.25, -0.2) is 4.98 Å². The Morgan fingerprint density at radius 2 is 2.20 bits per heavy atom. The van der Waals surface area contributed by atoms with Crippen molar-refractivity contribution in [1.29, 1.82) is 5.26 Å². The van der Waals surface area contributed by atoms with Gasteiger partial charge in [0, 0.05) is 16.9 Å². The lowest BCUT2D eigenvalue weighted by atomic mass is 10.1. The molecule has 5 nitrogen and oxygen atoms in total. The number of carbonyl (C=O) groups excluding carboxylic acids is 1. The van der Waals surface area contributed by atoms with Gasteiger partial charge < -0.3 is 11.1 Å². The summed E-state index contributed by atoms with van der Waals surface area (Å²) < 4.78 is 0. The number of hydrogen-bond acceptors (Lipinski definition) is 4. The molecule has 3 N–H and O–H groups in total. The summed E-state index contributed by atoms with van der Waals surface area (Å²) in [6.45, 7) is 1.94. The summed E-state index contributed by atoms with van der Waals surface area (Å²) in [5.41, 5.74) is 7.96. The number of rotatable bonds is 3. The molecule has 5 heteroatoms. The van der Waals surface area contributed by atoms with E-state index in [1.807, 2.05) is 13.0 Å². The lowest BCUT2D eigenvalue weighted by Crippen LogP contribution is -2.13. The highest BCUT2D eigenvalue weighted by molar-refractivity contribution is 6.04. The Hall–Kier alpha value is -2.87. The Morgan fingerprint density at radius 1 is 1.40 bits per heavy atom. The first-order valence-electron chi connectivity index (χ1n) is 6.20. The summed E-state index contributed by atoms with van der Waals surface area (Å²) in [4.78, 5) is 16.3. The number of aryl methyl sites for hydroxylation is 1. The zero-order valence-electron chi connectivity index (χ0n) is 11.1. The molecular weight excluding hydrogens is 252 g/mol. The zero-order chi connectivity index (χ0) is 14.5. The Kier molecular flexibility index (Phi) is 3.96. The smallest absolute Gasteiger partial charge is 0.255 e. The van der Waals surface area contributed by atoms with E-state index < -0.39 is 0 Å². The molecule has 0 unspecified atom stereocenters. The van der Waals surface area contributed by atoms with Crippen molar-refractivity contribution in [2.24, 2.45) is 0 Å². The number of hydrogen-bond donors (Lipinski definition) is 2. The number of anilines is 2. The molecule has 0 atom stereocenters. The van der Waals surface area contributed by atoms with Crippen molar-refractivity contribution in [2.45, 2.75) is 13.3 Å². The first-order valence-corrected chi connectivity index (χ1v) is 6.20. The monoisotopic (exact) mass is 266 g/mol. The molecule has 0 spiro atoms. The molecule has 1 aromatic heterocycles. The summed E-state index contributed by atoms with van der Waals surface area (Å²) in [7, 11) is 0. The van der Waals surface area contributed by atoms with Crippen LogP contribution in [-0.2, 0) is 6.42 Å². The molecule has 1 heterocycles. The molecule has 0 fully saturated rings. The van der Waals surface area contributed by atoms with E-state index in [2.05, 4.69) is 10.3 Å². The Balaban J connectivity index is 2.23. The SMILES string of the molecule is CCc1cc(C(=O)Nc2cccc(C#N)c2)cc(N)n1. The third-order valence-electron chi connectivity index (χ3n) is 2.77. The number of nitrogens with one attached hydrogen (secondary N) is 1. The first-order chi connectivity index (χ1) is 9.62. The van der Waals surface area contributed by atoms with E-state index in [1.165, 1.54) is 6.07 Å². The number of nitriles is 1. The van der Waals surface area contributed by atoms with Gasteiger partial charge in [-0.2, -0.15) is 5.26 Å². The predicted molar refractivity (Wildman–Crippen MR) is 77.1 cm³/mol. The number of nitrogen functional groups attached to an aromatic ring is 1. The van der Waals surface area contributed by atoms with Crippen LogP contribution in [0.5, 0.6) is 0 Å². The van der Waals surface area contributed by atoms with Crippen LogP contribution in [0.2, 0.25) is 0 Å². The van der Waals surface area contributed by atoms with E-state index in [0.717, 1.165) is 5.69 Å². The van der Waals surface area contributed by atoms with Crippen molar-refractivity contribution < 1.29 is 4.79 Å². The summed E-state index contributed by atoms with van der Waals surface area (Å²) in [6.07, 6.45) is 0.704. The molecule has 1 aromatic carbocycles. The van der Waals surface area contributed by atoms with Gasteiger partial charge in [0.1, 0.15) is 5.82 Å². The maximum Gasteiger partial charge on any atom is 0.255 e. The third-order valence-corrected chi connectivity index (χ3v) is 2.77. The molecule has 0 saturated carbocycles. The van der Waals surface area contributed by atoms with Gasteiger partial charge in [-0.15, -0.1) is 0 Å². The number of amides is 1. The minimum Gasteiger partial charge on any atom is -0.384 e. The number of pyridine rings is 1. The summed E-state index contributed by atoms with van der Waals surface area (Å²) >= 11 is 0. The first kappa shape index (κ1) is 13.6. The van der Waals surface area contributed by atoms with Gasteiger partial charge in [0.05, 0.1) is 11.6 Å². The number of aromatic nitrogens is 1. The highest BCUT2D eigenvalue weighted by Crippen LogP contribution is 2.14. The van der Waals surface area contributed by atoms with Crippen molar-refractivity contribution in [3.63, 3.8) is 0 Å². The molecule has 1 amide bonds. The van der Waals surface area contributed by atoms with Crippen LogP contribution in [0.1, 0.15) is 28.5 Å². The fourth-order valence-electron chi connectivity index (χ4n) is 1.79. The Bertz CT molecular complexity index is 689. The molecule has 2 rings (SSSR count). The molecule has 0 saturated heterocycles. The maximum atomic E-state index is 12.2. The van der Waals surface area contributed by atoms with E-state index in [0.29, 0.717) is 29.1 Å². The molecule has 2 aromatic rings. The lowest BCUT2D eigenvalue weighted by Gasteiger charge is -2.07. The summed E-state index contributed by atoms with van der Waals surface area (Å²) in [5.74, 6) is 0.0455. The molecule has 0 aliphatic rings. The van der Waals surface area contributed by atoms with Crippen molar-refractivity contribution in [3.8, 4) is 6.07 Å². The van der Waals surface area contributed by atoms with Crippen LogP contribution in [0, 0.1) is 11.3 Å². The van der Waals surface area contributed by atoms with Crippen molar-refractivity contribution in [2.75, 3.05) is 11.1 Å². The fraction of sp³-hybridized carbons (Fsp3) is 0.133. The van der Waals surface area contributed by atoms with Gasteiger partial charge in [0.2, 0.25) is 0 Å². The second-order valence-electron chi connectivity index (χ2n) is 4.27. The second-order valence-corrected chi connectivity index (χ2v) is 4.27. The minimum absolute atomic E-state index is 0.274. The third kappa shape index (κ3) is 3.12. The largest absolute Gasteiger partial charge is 0.384 e. The van der Waals surface area contributed by atoms with E-state index in [1.54, 1.807) is 30.3 Å². The normalized spacial score (nSPS) is 9.80. The highest BCUT2D eigenvalue weighted by atomic mass is 16.1. The van der Waals surface area contributed by atoms with Gasteiger partial charge in [-0.3, -0.25) is 4.79 Å². The zero-order valence-corrected chi connectivity index (χ0v) is 11.1. The van der Waals surface area contributed by atoms with Crippen LogP contribution in [0.25, 0.3) is 0 Å². The summed E-state index contributed by atoms with van der Waals surface area (Å²) in [5, 5.41) is 11.6. The lowest BCUT2D eigenvalue weighted by molar-refractivity contribution is 0.102. The van der Waals surface area contributed by atoms with Crippen molar-refractivity contribution in [3.05, 3.63) is 53.2 Å². The number of benzene rings is 1. The van der Waals surface area contributed by atoms with E-state index in [-0.39, 0.29) is 5.91 Å². The quantitative estimate of drug-likeness (QED) is 0.891. The van der Waals surface area contributed by atoms with Crippen LogP contribution in [0.15, 0.2) is 36.4 Å². The average molecular weight is 266 g/mol. The van der Waals surface area contributed by atoms with Crippen LogP contribution in [0.4, 0.5) is 11.5 Å². The second kappa shape index (κ2) is 5.85. The highest BCUT2D eigenvalue weighted by Gasteiger charge is 2.09. The van der Waals surface area contributed by atoms with Crippen molar-refractivity contribution >= 4 is 17.4 Å². The van der Waals surface area contributed by atoms with Gasteiger partial charge in [-0.05, 0) is 36.8 Å². The topological polar surface area (TPSA) is 91.8 Å². The molecular formula is C15H14N4O. The van der Waals surface area contributed by atoms with Crippen LogP contribution < -0.4 is 11.1 Å². The van der Waals surface area contributed by atoms with E-state index in [9.17, 15) is 4.79 Å². The van der Waals surface area contributed by atoms with Crippen LogP contribution >= 0.6 is 0 Å². The molecule has 0 aliphatic carbocycles. The van der Waals surface area contributed by atoms with Gasteiger partial charge >= 0.3 is 0 Å². The number of carbonyl (C=O) groups is 1. The average Bonchev–Trinajstić information content (AvgIpc) is 2.46. The molecule has 100 valence electrons. The Morgan fingerprint density at radius 3 is 2.90 bits per heavy atom. The van der Waals surface area contributed by atoms with E-state index in [4.69, 9.17) is 11.0 Å². The minimum atomic E-state index is -0.274. The molecule has 0 bridgehead atoms. The Labute approximate surface area is 117 Å². The van der Waals surface area contributed by atoms with Crippen LogP contribution in [-0.4, -0.2) is 10.9 Å². The number of nitrogens with two attached hydrogens (primary N) is 1. The molecule has 20 heavy (non-hydrogen) atoms. The number of nitrogens with zero attached hydrogens (tertiary/aromatic N) is 2. The van der Waals surface area contributed by atoms with E-state index >= 15 is 0 Å². The van der Waals surface area contributed by atoms with Gasteiger partial charge in [0.15, 0.2) is 0 Å². The molecule has 0 aliphatic heterocycles. The fourth-order valence-corrected chi connectivity index (χ4v) is 1.79. The van der Waals surface area contributed by atoms with Gasteiger partial charge in [0.25, 0.3) is 5.91 Å². The van der Waals surface area contributed by atoms with Crippen LogP contribution in [0.3, 0.4) is 0 Å². The van der Waals surface area contributed by atoms with Crippen molar-refractivity contribution in [1.82, 2.24) is 4.98 Å². The predicted octanol–water partition coefficient (Wildman–Crippen LogP) is 2.35. The molecule has 0 radical (unpaired) electrons.